The van der Waals surface area contributed by atoms with Gasteiger partial charge in [0.05, 0.1) is 31.2 Å². The van der Waals surface area contributed by atoms with Crippen LogP contribution in [-0.2, 0) is 20.0 Å². The first-order valence-electron chi connectivity index (χ1n) is 10.2. The van der Waals surface area contributed by atoms with Gasteiger partial charge >= 0.3 is 0 Å². The number of hydrogen-bond donors (Lipinski definition) is 7. The Bertz CT molecular complexity index is 1200. The Balaban J connectivity index is 2.07. The van der Waals surface area contributed by atoms with E-state index in [1.54, 1.807) is 14.1 Å². The van der Waals surface area contributed by atoms with Crippen LogP contribution in [0.5, 0.6) is 5.75 Å². The van der Waals surface area contributed by atoms with Crippen molar-refractivity contribution in [3.63, 3.8) is 0 Å². The summed E-state index contributed by atoms with van der Waals surface area (Å²) in [6, 6.07) is 1.33. The van der Waals surface area contributed by atoms with E-state index in [1.165, 1.54) is 19.1 Å². The van der Waals surface area contributed by atoms with Crippen LogP contribution in [0.25, 0.3) is 5.76 Å². The number of quaternary nitrogens is 1. The smallest absolute Gasteiger partial charge is 0.256 e. The fraction of sp³-hybridized carbons (Fsp3) is 0.409. The Morgan fingerprint density at radius 3 is 2.33 bits per heavy atom. The molecule has 1 aromatic carbocycles. The molecule has 0 saturated heterocycles. The number of aliphatic hydroxyl groups excluding tert-OH is 2. The molecule has 0 aromatic heterocycles. The SMILES string of the molecule is C[NH+](C)[C@@H]1C(=O)C(C(N)=O)=C(O)[C@@]2(O)C(=O)C3=C(O)c4c(O)ccc(Cl)c4[C@@](C)(O)[C@@H]3C[C@@H]12. The highest BCUT2D eigenvalue weighted by molar-refractivity contribution is 6.32. The van der Waals surface area contributed by atoms with E-state index < -0.39 is 75.0 Å². The first-order chi connectivity index (χ1) is 15.2. The first kappa shape index (κ1) is 23.2. The molecule has 3 aliphatic rings. The number of nitrogens with two attached hydrogens (primary N) is 1. The molecule has 1 fully saturated rings. The largest absolute Gasteiger partial charge is 0.508 e. The van der Waals surface area contributed by atoms with Crippen molar-refractivity contribution in [1.82, 2.24) is 0 Å². The summed E-state index contributed by atoms with van der Waals surface area (Å²) in [5.41, 5.74) is -1.02. The van der Waals surface area contributed by atoms with Gasteiger partial charge in [-0.25, -0.2) is 0 Å². The van der Waals surface area contributed by atoms with Crippen molar-refractivity contribution in [2.45, 2.75) is 30.6 Å². The first-order valence-corrected chi connectivity index (χ1v) is 10.6. The van der Waals surface area contributed by atoms with Crippen molar-refractivity contribution in [3.8, 4) is 5.75 Å². The predicted molar refractivity (Wildman–Crippen MR) is 114 cm³/mol. The number of carbonyl (C=O) groups excluding carboxylic acids is 3. The van der Waals surface area contributed by atoms with E-state index in [2.05, 4.69) is 0 Å². The van der Waals surface area contributed by atoms with Gasteiger partial charge in [0.2, 0.25) is 11.6 Å². The lowest BCUT2D eigenvalue weighted by molar-refractivity contribution is -0.880. The van der Waals surface area contributed by atoms with E-state index >= 15 is 0 Å². The van der Waals surface area contributed by atoms with Crippen LogP contribution >= 0.6 is 11.6 Å². The zero-order valence-electron chi connectivity index (χ0n) is 18.0. The Labute approximate surface area is 193 Å². The summed E-state index contributed by atoms with van der Waals surface area (Å²) in [7, 11) is 3.14. The van der Waals surface area contributed by atoms with Crippen LogP contribution in [0.3, 0.4) is 0 Å². The molecule has 10 nitrogen and oxygen atoms in total. The zero-order valence-corrected chi connectivity index (χ0v) is 18.8. The minimum atomic E-state index is -2.76. The van der Waals surface area contributed by atoms with Gasteiger partial charge in [0.1, 0.15) is 22.8 Å². The van der Waals surface area contributed by atoms with Crippen LogP contribution in [0.2, 0.25) is 5.02 Å². The van der Waals surface area contributed by atoms with Crippen molar-refractivity contribution in [1.29, 1.82) is 0 Å². The van der Waals surface area contributed by atoms with E-state index in [0.29, 0.717) is 4.90 Å². The minimum absolute atomic E-state index is 0.0119. The lowest BCUT2D eigenvalue weighted by Crippen LogP contribution is -3.13. The predicted octanol–water partition coefficient (Wildman–Crippen LogP) is -1.13. The number of aromatic hydroxyl groups is 1. The van der Waals surface area contributed by atoms with Crippen LogP contribution in [-0.4, -0.2) is 68.7 Å². The quantitative estimate of drug-likeness (QED) is 0.260. The fourth-order valence-corrected chi connectivity index (χ4v) is 6.02. The number of halogens is 1. The number of carbonyl (C=O) groups is 3. The van der Waals surface area contributed by atoms with Crippen LogP contribution in [0.1, 0.15) is 24.5 Å². The van der Waals surface area contributed by atoms with E-state index in [9.17, 15) is 39.9 Å². The number of aliphatic hydroxyl groups is 4. The number of ketones is 2. The number of rotatable bonds is 2. The molecule has 0 unspecified atom stereocenters. The Kier molecular flexibility index (Phi) is 4.96. The molecule has 33 heavy (non-hydrogen) atoms. The average molecular weight is 480 g/mol. The monoisotopic (exact) mass is 479 g/mol. The molecule has 0 radical (unpaired) electrons. The number of Topliss-reactive ketones (excluding diaryl/α,β-unsaturated/α-hetero) is 2. The molecule has 0 heterocycles. The molecule has 3 aliphatic carbocycles. The summed E-state index contributed by atoms with van der Waals surface area (Å²) < 4.78 is 0. The van der Waals surface area contributed by atoms with E-state index in [1.807, 2.05) is 0 Å². The number of phenolic OH excluding ortho intramolecular Hbond substituents is 1. The third-order valence-corrected chi connectivity index (χ3v) is 7.49. The Morgan fingerprint density at radius 1 is 1.18 bits per heavy atom. The van der Waals surface area contributed by atoms with Gasteiger partial charge in [0.25, 0.3) is 5.91 Å². The van der Waals surface area contributed by atoms with Crippen molar-refractivity contribution in [2.75, 3.05) is 14.1 Å². The van der Waals surface area contributed by atoms with Crippen molar-refractivity contribution < 1.29 is 44.8 Å². The third-order valence-electron chi connectivity index (χ3n) is 7.17. The van der Waals surface area contributed by atoms with Gasteiger partial charge in [-0.2, -0.15) is 0 Å². The Morgan fingerprint density at radius 2 is 1.79 bits per heavy atom. The average Bonchev–Trinajstić information content (AvgIpc) is 2.69. The fourth-order valence-electron chi connectivity index (χ4n) is 5.68. The van der Waals surface area contributed by atoms with Crippen molar-refractivity contribution >= 4 is 34.8 Å². The van der Waals surface area contributed by atoms with Gasteiger partial charge in [-0.1, -0.05) is 11.6 Å². The number of likely N-dealkylation sites (N-methyl/N-ethyl adjacent to an activating group) is 1. The van der Waals surface area contributed by atoms with Gasteiger partial charge in [0, 0.05) is 22.1 Å². The number of hydrogen-bond acceptors (Lipinski definition) is 8. The second-order valence-corrected chi connectivity index (χ2v) is 9.63. The topological polar surface area (TPSA) is 183 Å². The molecule has 8 N–H and O–H groups in total. The van der Waals surface area contributed by atoms with E-state index in [4.69, 9.17) is 17.3 Å². The maximum Gasteiger partial charge on any atom is 0.256 e. The molecule has 4 rings (SSSR count). The number of amides is 1. The lowest BCUT2D eigenvalue weighted by Gasteiger charge is -2.52. The van der Waals surface area contributed by atoms with E-state index in [0.717, 1.165) is 0 Å². The summed E-state index contributed by atoms with van der Waals surface area (Å²) in [6.07, 6.45) is -0.238. The molecule has 176 valence electrons. The second kappa shape index (κ2) is 7.04. The molecule has 0 spiro atoms. The van der Waals surface area contributed by atoms with Gasteiger partial charge in [-0.15, -0.1) is 0 Å². The van der Waals surface area contributed by atoms with Gasteiger partial charge in [-0.05, 0) is 25.5 Å². The summed E-state index contributed by atoms with van der Waals surface area (Å²) in [5.74, 6) is -8.16. The molecule has 1 amide bonds. The molecule has 1 aromatic rings. The molecule has 0 bridgehead atoms. The molecule has 1 saturated carbocycles. The molecule has 0 aliphatic heterocycles. The summed E-state index contributed by atoms with van der Waals surface area (Å²) in [4.78, 5) is 39.2. The molecular weight excluding hydrogens is 456 g/mol. The highest BCUT2D eigenvalue weighted by Crippen LogP contribution is 2.57. The summed E-state index contributed by atoms with van der Waals surface area (Å²) >= 11 is 6.28. The number of phenols is 1. The highest BCUT2D eigenvalue weighted by atomic mass is 35.5. The second-order valence-electron chi connectivity index (χ2n) is 9.22. The van der Waals surface area contributed by atoms with Crippen molar-refractivity contribution in [2.24, 2.45) is 17.6 Å². The van der Waals surface area contributed by atoms with Crippen LogP contribution in [0.4, 0.5) is 0 Å². The number of fused-ring (bicyclic) bond motifs is 3. The molecule has 11 heteroatoms. The van der Waals surface area contributed by atoms with Gasteiger partial charge < -0.3 is 36.2 Å². The van der Waals surface area contributed by atoms with Crippen LogP contribution in [0.15, 0.2) is 29.0 Å². The normalized spacial score (nSPS) is 33.7. The minimum Gasteiger partial charge on any atom is -0.508 e. The lowest BCUT2D eigenvalue weighted by atomic mass is 9.54. The summed E-state index contributed by atoms with van der Waals surface area (Å²) in [5, 5.41) is 55.2. The van der Waals surface area contributed by atoms with Gasteiger partial charge in [0.15, 0.2) is 11.6 Å². The Hall–Kier alpha value is -2.92. The molecular formula is C22H24ClN2O8+. The standard InChI is InChI=1S/C22H23ClN2O8/c1-21(32)7-6-8-15(25(2)3)17(28)13(20(24)31)19(30)22(8,33)18(29)11(7)16(27)12-10(26)5-4-9(23)14(12)21/h4-5,7-8,15,26-27,30,32-33H,6H2,1-3H3,(H2,24,31)/p+1/t7-,8+,15+,21+,22+/m1/s1. The van der Waals surface area contributed by atoms with Crippen molar-refractivity contribution in [3.05, 3.63) is 45.2 Å². The molecule has 5 atom stereocenters. The van der Waals surface area contributed by atoms with Crippen LogP contribution < -0.4 is 10.6 Å². The number of benzene rings is 1. The highest BCUT2D eigenvalue weighted by Gasteiger charge is 2.68. The zero-order chi connectivity index (χ0) is 24.8. The van der Waals surface area contributed by atoms with Crippen LogP contribution in [0, 0.1) is 11.8 Å². The number of primary amides is 1. The maximum atomic E-state index is 13.7. The third kappa shape index (κ3) is 2.75. The maximum absolute atomic E-state index is 13.7. The summed E-state index contributed by atoms with van der Waals surface area (Å²) in [6.45, 7) is 1.35. The van der Waals surface area contributed by atoms with E-state index in [-0.39, 0.29) is 22.6 Å². The number of nitrogens with one attached hydrogen (secondary N) is 1. The van der Waals surface area contributed by atoms with Gasteiger partial charge in [-0.3, -0.25) is 14.4 Å².